The van der Waals surface area contributed by atoms with Crippen LogP contribution in [0.3, 0.4) is 0 Å². The second kappa shape index (κ2) is 2.84. The molecule has 0 aliphatic heterocycles. The zero-order valence-electron chi connectivity index (χ0n) is 6.54. The van der Waals surface area contributed by atoms with Crippen LogP contribution in [0.2, 0.25) is 5.04 Å². The van der Waals surface area contributed by atoms with Gasteiger partial charge in [-0.05, 0) is 24.9 Å². The highest BCUT2D eigenvalue weighted by molar-refractivity contribution is 6.36. The molecule has 1 fully saturated rings. The standard InChI is InChI=1S/C7H17NSi/c1-7(9-8-2)5-3-4-6-7/h8H,3-6,9H2,1-2H3. The molecule has 1 aliphatic rings. The minimum atomic E-state index is 0.0517. The average molecular weight is 143 g/mol. The van der Waals surface area contributed by atoms with Crippen molar-refractivity contribution in [2.75, 3.05) is 7.05 Å². The van der Waals surface area contributed by atoms with Gasteiger partial charge in [0.05, 0.1) is 9.68 Å². The van der Waals surface area contributed by atoms with Gasteiger partial charge in [-0.2, -0.15) is 0 Å². The van der Waals surface area contributed by atoms with E-state index in [1.807, 2.05) is 0 Å². The largest absolute Gasteiger partial charge is 0.344 e. The molecule has 0 bridgehead atoms. The summed E-state index contributed by atoms with van der Waals surface area (Å²) in [5.41, 5.74) is 0. The Labute approximate surface area is 60.1 Å². The quantitative estimate of drug-likeness (QED) is 0.570. The molecule has 0 heterocycles. The third kappa shape index (κ3) is 1.80. The predicted molar refractivity (Wildman–Crippen MR) is 44.4 cm³/mol. The number of rotatable bonds is 2. The molecule has 1 aliphatic carbocycles. The Morgan fingerprint density at radius 3 is 2.33 bits per heavy atom. The molecule has 0 aromatic carbocycles. The fourth-order valence-corrected chi connectivity index (χ4v) is 3.54. The van der Waals surface area contributed by atoms with Gasteiger partial charge in [0.15, 0.2) is 0 Å². The molecule has 1 nitrogen and oxygen atoms in total. The van der Waals surface area contributed by atoms with Crippen LogP contribution < -0.4 is 4.98 Å². The van der Waals surface area contributed by atoms with E-state index in [1.165, 1.54) is 25.7 Å². The molecule has 0 unspecified atom stereocenters. The van der Waals surface area contributed by atoms with Gasteiger partial charge in [0.1, 0.15) is 0 Å². The molecule has 1 rings (SSSR count). The Kier molecular flexibility index (Phi) is 2.30. The fraction of sp³-hybridized carbons (Fsp3) is 1.00. The first kappa shape index (κ1) is 7.29. The van der Waals surface area contributed by atoms with E-state index in [2.05, 4.69) is 19.0 Å². The lowest BCUT2D eigenvalue weighted by Crippen LogP contribution is -2.25. The van der Waals surface area contributed by atoms with Gasteiger partial charge in [-0.1, -0.05) is 19.8 Å². The van der Waals surface area contributed by atoms with E-state index in [9.17, 15) is 0 Å². The summed E-state index contributed by atoms with van der Waals surface area (Å²) in [5, 5.41) is 0.773. The van der Waals surface area contributed by atoms with Crippen molar-refractivity contribution < 1.29 is 0 Å². The molecule has 0 aromatic heterocycles. The van der Waals surface area contributed by atoms with Gasteiger partial charge >= 0.3 is 0 Å². The normalized spacial score (nSPS) is 26.0. The Morgan fingerprint density at radius 2 is 1.89 bits per heavy atom. The molecular formula is C7H17NSi. The highest BCUT2D eigenvalue weighted by Crippen LogP contribution is 2.42. The fourth-order valence-electron chi connectivity index (χ4n) is 1.83. The van der Waals surface area contributed by atoms with Crippen molar-refractivity contribution >= 4 is 9.68 Å². The topological polar surface area (TPSA) is 12.0 Å². The Morgan fingerprint density at radius 1 is 1.33 bits per heavy atom. The van der Waals surface area contributed by atoms with Crippen LogP contribution in [-0.4, -0.2) is 16.7 Å². The first-order chi connectivity index (χ1) is 4.27. The summed E-state index contributed by atoms with van der Waals surface area (Å²) in [6.45, 7) is 2.45. The monoisotopic (exact) mass is 143 g/mol. The van der Waals surface area contributed by atoms with Gasteiger partial charge in [-0.3, -0.25) is 0 Å². The summed E-state index contributed by atoms with van der Waals surface area (Å²) < 4.78 is 0. The molecule has 0 spiro atoms. The summed E-state index contributed by atoms with van der Waals surface area (Å²) in [6, 6.07) is 0. The van der Waals surface area contributed by atoms with Crippen molar-refractivity contribution in [3.63, 3.8) is 0 Å². The summed E-state index contributed by atoms with van der Waals surface area (Å²) >= 11 is 0. The molecule has 0 atom stereocenters. The molecule has 9 heavy (non-hydrogen) atoms. The van der Waals surface area contributed by atoms with E-state index >= 15 is 0 Å². The highest BCUT2D eigenvalue weighted by Gasteiger charge is 2.27. The minimum absolute atomic E-state index is 0.0517. The van der Waals surface area contributed by atoms with Crippen molar-refractivity contribution in [1.82, 2.24) is 4.98 Å². The molecule has 0 amide bonds. The first-order valence-electron chi connectivity index (χ1n) is 3.91. The maximum atomic E-state index is 3.39. The van der Waals surface area contributed by atoms with Crippen LogP contribution in [0.25, 0.3) is 0 Å². The zero-order valence-corrected chi connectivity index (χ0v) is 7.95. The van der Waals surface area contributed by atoms with Crippen LogP contribution in [0.5, 0.6) is 0 Å². The van der Waals surface area contributed by atoms with Crippen LogP contribution in [-0.2, 0) is 0 Å². The number of hydrogen-bond donors (Lipinski definition) is 1. The lowest BCUT2D eigenvalue weighted by molar-refractivity contribution is 0.622. The molecule has 2 heteroatoms. The second-order valence-corrected chi connectivity index (χ2v) is 6.32. The van der Waals surface area contributed by atoms with Gasteiger partial charge in [0, 0.05) is 0 Å². The molecule has 0 aromatic rings. The van der Waals surface area contributed by atoms with Crippen molar-refractivity contribution in [2.24, 2.45) is 0 Å². The maximum absolute atomic E-state index is 3.39. The first-order valence-corrected chi connectivity index (χ1v) is 5.33. The summed E-state index contributed by atoms with van der Waals surface area (Å²) in [7, 11) is 2.16. The molecule has 54 valence electrons. The van der Waals surface area contributed by atoms with Gasteiger partial charge in [-0.15, -0.1) is 0 Å². The summed E-state index contributed by atoms with van der Waals surface area (Å²) in [5.74, 6) is 0. The van der Waals surface area contributed by atoms with Gasteiger partial charge < -0.3 is 4.98 Å². The lowest BCUT2D eigenvalue weighted by Gasteiger charge is -2.21. The van der Waals surface area contributed by atoms with E-state index in [4.69, 9.17) is 0 Å². The van der Waals surface area contributed by atoms with Crippen LogP contribution in [0.1, 0.15) is 32.6 Å². The smallest absolute Gasteiger partial charge is 0.0973 e. The van der Waals surface area contributed by atoms with Crippen molar-refractivity contribution in [1.29, 1.82) is 0 Å². The van der Waals surface area contributed by atoms with E-state index in [1.54, 1.807) is 0 Å². The summed E-state index contributed by atoms with van der Waals surface area (Å²) in [4.78, 5) is 3.39. The van der Waals surface area contributed by atoms with Crippen molar-refractivity contribution in [2.45, 2.75) is 37.6 Å². The summed E-state index contributed by atoms with van der Waals surface area (Å²) in [6.07, 6.45) is 5.93. The van der Waals surface area contributed by atoms with E-state index in [0.29, 0.717) is 0 Å². The minimum Gasteiger partial charge on any atom is -0.344 e. The lowest BCUT2D eigenvalue weighted by atomic mass is 10.1. The molecule has 0 radical (unpaired) electrons. The maximum Gasteiger partial charge on any atom is 0.0973 e. The Bertz CT molecular complexity index is 86.9. The average Bonchev–Trinajstić information content (AvgIpc) is 2.16. The van der Waals surface area contributed by atoms with E-state index < -0.39 is 0 Å². The van der Waals surface area contributed by atoms with Gasteiger partial charge in [0.25, 0.3) is 0 Å². The predicted octanol–water partition coefficient (Wildman–Crippen LogP) is 1.04. The van der Waals surface area contributed by atoms with Crippen LogP contribution in [0.4, 0.5) is 0 Å². The third-order valence-electron chi connectivity index (χ3n) is 2.41. The van der Waals surface area contributed by atoms with E-state index in [-0.39, 0.29) is 9.68 Å². The van der Waals surface area contributed by atoms with Crippen molar-refractivity contribution in [3.8, 4) is 0 Å². The highest BCUT2D eigenvalue weighted by atomic mass is 28.2. The van der Waals surface area contributed by atoms with E-state index in [0.717, 1.165) is 5.04 Å². The van der Waals surface area contributed by atoms with Crippen molar-refractivity contribution in [3.05, 3.63) is 0 Å². The van der Waals surface area contributed by atoms with Crippen LogP contribution in [0, 0.1) is 0 Å². The van der Waals surface area contributed by atoms with Crippen LogP contribution >= 0.6 is 0 Å². The zero-order chi connectivity index (χ0) is 6.74. The molecular weight excluding hydrogens is 126 g/mol. The molecule has 0 saturated heterocycles. The van der Waals surface area contributed by atoms with Gasteiger partial charge in [-0.25, -0.2) is 0 Å². The second-order valence-electron chi connectivity index (χ2n) is 3.55. The molecule has 1 saturated carbocycles. The number of nitrogens with one attached hydrogen (secondary N) is 1. The number of hydrogen-bond acceptors (Lipinski definition) is 1. The third-order valence-corrected chi connectivity index (χ3v) is 4.33. The Hall–Kier alpha value is 0.177. The Balaban J connectivity index is 2.32. The molecule has 1 N–H and O–H groups in total. The SMILES string of the molecule is CN[SiH2]C1(C)CCCC1. The van der Waals surface area contributed by atoms with Crippen LogP contribution in [0.15, 0.2) is 0 Å². The van der Waals surface area contributed by atoms with Gasteiger partial charge in [0.2, 0.25) is 0 Å².